The Balaban J connectivity index is 2.90. The van der Waals surface area contributed by atoms with Crippen LogP contribution in [0.1, 0.15) is 23.8 Å². The third-order valence-electron chi connectivity index (χ3n) is 2.50. The SMILES string of the molecule is CCc1c(C#N)oc2c(C)cc(Cl)cc12. The number of benzene rings is 1. The minimum absolute atomic E-state index is 0.401. The van der Waals surface area contributed by atoms with Crippen molar-refractivity contribution in [3.05, 3.63) is 34.0 Å². The van der Waals surface area contributed by atoms with Gasteiger partial charge in [0.1, 0.15) is 11.7 Å². The summed E-state index contributed by atoms with van der Waals surface area (Å²) in [7, 11) is 0. The maximum Gasteiger partial charge on any atom is 0.207 e. The zero-order valence-electron chi connectivity index (χ0n) is 8.60. The number of fused-ring (bicyclic) bond motifs is 1. The molecule has 0 fully saturated rings. The van der Waals surface area contributed by atoms with Crippen LogP contribution in [0.5, 0.6) is 0 Å². The molecule has 76 valence electrons. The van der Waals surface area contributed by atoms with E-state index in [0.29, 0.717) is 10.8 Å². The van der Waals surface area contributed by atoms with Gasteiger partial charge < -0.3 is 4.42 Å². The summed E-state index contributed by atoms with van der Waals surface area (Å²) in [5.74, 6) is 0.401. The normalized spacial score (nSPS) is 10.5. The highest BCUT2D eigenvalue weighted by Crippen LogP contribution is 2.31. The van der Waals surface area contributed by atoms with Gasteiger partial charge in [0.25, 0.3) is 0 Å². The number of nitriles is 1. The maximum atomic E-state index is 8.93. The lowest BCUT2D eigenvalue weighted by molar-refractivity contribution is 0.592. The zero-order chi connectivity index (χ0) is 11.0. The summed E-state index contributed by atoms with van der Waals surface area (Å²) in [6.45, 7) is 3.93. The van der Waals surface area contributed by atoms with E-state index in [1.165, 1.54) is 0 Å². The zero-order valence-corrected chi connectivity index (χ0v) is 9.35. The Kier molecular flexibility index (Phi) is 2.42. The van der Waals surface area contributed by atoms with Gasteiger partial charge in [-0.15, -0.1) is 0 Å². The van der Waals surface area contributed by atoms with Gasteiger partial charge in [0.05, 0.1) is 0 Å². The molecule has 1 heterocycles. The Hall–Kier alpha value is -1.46. The summed E-state index contributed by atoms with van der Waals surface area (Å²) < 4.78 is 5.51. The molecule has 2 aromatic rings. The van der Waals surface area contributed by atoms with Crippen molar-refractivity contribution in [1.82, 2.24) is 0 Å². The molecule has 0 unspecified atom stereocenters. The van der Waals surface area contributed by atoms with Crippen molar-refractivity contribution in [2.45, 2.75) is 20.3 Å². The first-order valence-corrected chi connectivity index (χ1v) is 5.16. The molecule has 0 aliphatic carbocycles. The van der Waals surface area contributed by atoms with Crippen molar-refractivity contribution in [1.29, 1.82) is 5.26 Å². The van der Waals surface area contributed by atoms with Crippen LogP contribution in [0, 0.1) is 18.3 Å². The predicted molar refractivity (Wildman–Crippen MR) is 60.1 cm³/mol. The fraction of sp³-hybridized carbons (Fsp3) is 0.250. The smallest absolute Gasteiger partial charge is 0.207 e. The van der Waals surface area contributed by atoms with E-state index in [1.54, 1.807) is 0 Å². The average molecular weight is 220 g/mol. The molecule has 0 aliphatic rings. The lowest BCUT2D eigenvalue weighted by Crippen LogP contribution is -1.81. The third-order valence-corrected chi connectivity index (χ3v) is 2.72. The van der Waals surface area contributed by atoms with E-state index in [2.05, 4.69) is 6.07 Å². The molecule has 0 saturated carbocycles. The molecule has 15 heavy (non-hydrogen) atoms. The molecule has 0 radical (unpaired) electrons. The molecule has 1 aromatic carbocycles. The molecule has 0 bridgehead atoms. The van der Waals surface area contributed by atoms with Crippen molar-refractivity contribution < 1.29 is 4.42 Å². The van der Waals surface area contributed by atoms with Crippen molar-refractivity contribution in [3.8, 4) is 6.07 Å². The molecule has 0 saturated heterocycles. The number of furan rings is 1. The molecule has 2 rings (SSSR count). The number of rotatable bonds is 1. The standard InChI is InChI=1S/C12H10ClNO/c1-3-9-10-5-8(13)4-7(2)12(10)15-11(9)6-14/h4-5H,3H2,1-2H3. The summed E-state index contributed by atoms with van der Waals surface area (Å²) in [4.78, 5) is 0. The minimum atomic E-state index is 0.401. The molecular formula is C12H10ClNO. The van der Waals surface area contributed by atoms with Gasteiger partial charge in [0.15, 0.2) is 0 Å². The molecule has 0 aliphatic heterocycles. The summed E-state index contributed by atoms with van der Waals surface area (Å²) in [6, 6.07) is 5.77. The van der Waals surface area contributed by atoms with Crippen LogP contribution in [0.25, 0.3) is 11.0 Å². The van der Waals surface area contributed by atoms with Gasteiger partial charge in [-0.2, -0.15) is 5.26 Å². The summed E-state index contributed by atoms with van der Waals surface area (Å²) in [5, 5.41) is 10.6. The molecule has 0 N–H and O–H groups in total. The average Bonchev–Trinajstić information content (AvgIpc) is 2.55. The Morgan fingerprint density at radius 1 is 1.47 bits per heavy atom. The first kappa shape index (κ1) is 10.1. The highest BCUT2D eigenvalue weighted by atomic mass is 35.5. The highest BCUT2D eigenvalue weighted by molar-refractivity contribution is 6.31. The maximum absolute atomic E-state index is 8.93. The van der Waals surface area contributed by atoms with Crippen LogP contribution in [-0.4, -0.2) is 0 Å². The molecule has 3 heteroatoms. The predicted octanol–water partition coefficient (Wildman–Crippen LogP) is 3.83. The second kappa shape index (κ2) is 3.60. The van der Waals surface area contributed by atoms with Crippen LogP contribution < -0.4 is 0 Å². The van der Waals surface area contributed by atoms with Crippen molar-refractivity contribution in [3.63, 3.8) is 0 Å². The topological polar surface area (TPSA) is 36.9 Å². The van der Waals surface area contributed by atoms with Gasteiger partial charge in [0.2, 0.25) is 5.76 Å². The van der Waals surface area contributed by atoms with Crippen molar-refractivity contribution >= 4 is 22.6 Å². The van der Waals surface area contributed by atoms with Gasteiger partial charge in [-0.05, 0) is 31.0 Å². The number of aryl methyl sites for hydroxylation is 2. The summed E-state index contributed by atoms with van der Waals surface area (Å²) >= 11 is 5.98. The lowest BCUT2D eigenvalue weighted by atomic mass is 10.1. The number of halogens is 1. The fourth-order valence-electron chi connectivity index (χ4n) is 1.82. The molecule has 2 nitrogen and oxygen atoms in total. The number of hydrogen-bond donors (Lipinski definition) is 0. The van der Waals surface area contributed by atoms with Crippen molar-refractivity contribution in [2.24, 2.45) is 0 Å². The second-order valence-corrected chi connectivity index (χ2v) is 3.91. The van der Waals surface area contributed by atoms with E-state index in [-0.39, 0.29) is 0 Å². The summed E-state index contributed by atoms with van der Waals surface area (Å²) in [5.41, 5.74) is 2.68. The van der Waals surface area contributed by atoms with Crippen LogP contribution in [0.15, 0.2) is 16.5 Å². The van der Waals surface area contributed by atoms with Crippen LogP contribution in [0.4, 0.5) is 0 Å². The quantitative estimate of drug-likeness (QED) is 0.731. The van der Waals surface area contributed by atoms with E-state index in [4.69, 9.17) is 21.3 Å². The van der Waals surface area contributed by atoms with Gasteiger partial charge >= 0.3 is 0 Å². The third kappa shape index (κ3) is 1.49. The lowest BCUT2D eigenvalue weighted by Gasteiger charge is -1.96. The monoisotopic (exact) mass is 219 g/mol. The Morgan fingerprint density at radius 3 is 2.80 bits per heavy atom. The number of hydrogen-bond acceptors (Lipinski definition) is 2. The Bertz CT molecular complexity index is 563. The van der Waals surface area contributed by atoms with Crippen molar-refractivity contribution in [2.75, 3.05) is 0 Å². The molecule has 0 atom stereocenters. The van der Waals surface area contributed by atoms with Crippen LogP contribution >= 0.6 is 11.6 Å². The molecule has 0 spiro atoms. The summed E-state index contributed by atoms with van der Waals surface area (Å²) in [6.07, 6.45) is 0.773. The van der Waals surface area contributed by atoms with Crippen LogP contribution in [0.3, 0.4) is 0 Å². The fourth-order valence-corrected chi connectivity index (χ4v) is 2.09. The highest BCUT2D eigenvalue weighted by Gasteiger charge is 2.14. The van der Waals surface area contributed by atoms with Gasteiger partial charge in [-0.1, -0.05) is 18.5 Å². The van der Waals surface area contributed by atoms with E-state index >= 15 is 0 Å². The van der Waals surface area contributed by atoms with E-state index in [0.717, 1.165) is 28.5 Å². The van der Waals surface area contributed by atoms with Crippen LogP contribution in [-0.2, 0) is 6.42 Å². The first-order chi connectivity index (χ1) is 7.17. The van der Waals surface area contributed by atoms with Gasteiger partial charge in [-0.25, -0.2) is 0 Å². The molecule has 0 amide bonds. The largest absolute Gasteiger partial charge is 0.445 e. The first-order valence-electron chi connectivity index (χ1n) is 4.79. The molecular weight excluding hydrogens is 210 g/mol. The van der Waals surface area contributed by atoms with E-state index < -0.39 is 0 Å². The minimum Gasteiger partial charge on any atom is -0.445 e. The van der Waals surface area contributed by atoms with E-state index in [1.807, 2.05) is 26.0 Å². The second-order valence-electron chi connectivity index (χ2n) is 3.47. The molecule has 1 aromatic heterocycles. The Labute approximate surface area is 93.1 Å². The van der Waals surface area contributed by atoms with Gasteiger partial charge in [-0.3, -0.25) is 0 Å². The van der Waals surface area contributed by atoms with Crippen LogP contribution in [0.2, 0.25) is 5.02 Å². The Morgan fingerprint density at radius 2 is 2.20 bits per heavy atom. The van der Waals surface area contributed by atoms with Gasteiger partial charge in [0, 0.05) is 16.0 Å². The number of nitrogens with zero attached hydrogens (tertiary/aromatic N) is 1. The van der Waals surface area contributed by atoms with E-state index in [9.17, 15) is 0 Å².